The predicted molar refractivity (Wildman–Crippen MR) is 128 cm³/mol. The predicted octanol–water partition coefficient (Wildman–Crippen LogP) is 4.74. The van der Waals surface area contributed by atoms with Crippen LogP contribution >= 0.6 is 11.6 Å². The van der Waals surface area contributed by atoms with E-state index in [0.29, 0.717) is 34.4 Å². The van der Waals surface area contributed by atoms with Crippen LogP contribution in [0.4, 0.5) is 5.69 Å². The average Bonchev–Trinajstić information content (AvgIpc) is 3.48. The third kappa shape index (κ3) is 5.47. The summed E-state index contributed by atoms with van der Waals surface area (Å²) in [5.74, 6) is 0.490. The van der Waals surface area contributed by atoms with Crippen molar-refractivity contribution in [1.29, 1.82) is 0 Å². The van der Waals surface area contributed by atoms with Crippen molar-refractivity contribution in [3.05, 3.63) is 100 Å². The third-order valence-corrected chi connectivity index (χ3v) is 5.41. The van der Waals surface area contributed by atoms with Gasteiger partial charge in [0.2, 0.25) is 0 Å². The number of furan rings is 1. The lowest BCUT2D eigenvalue weighted by Gasteiger charge is -2.10. The number of carbonyl (C=O) groups excluding carboxylic acids is 2. The lowest BCUT2D eigenvalue weighted by Crippen LogP contribution is -2.26. The monoisotopic (exact) mass is 478 g/mol. The summed E-state index contributed by atoms with van der Waals surface area (Å²) in [6, 6.07) is 16.1. The van der Waals surface area contributed by atoms with Crippen molar-refractivity contribution in [2.45, 2.75) is 20.1 Å². The Morgan fingerprint density at radius 2 is 1.91 bits per heavy atom. The van der Waals surface area contributed by atoms with Gasteiger partial charge in [-0.3, -0.25) is 14.3 Å². The van der Waals surface area contributed by atoms with Gasteiger partial charge in [-0.25, -0.2) is 0 Å². The number of carbonyl (C=O) groups is 2. The molecule has 4 rings (SSSR count). The van der Waals surface area contributed by atoms with Crippen LogP contribution in [0.2, 0.25) is 5.02 Å². The number of nitrogens with zero attached hydrogens (tertiary/aromatic N) is 2. The molecule has 0 saturated carbocycles. The molecule has 2 aromatic heterocycles. The van der Waals surface area contributed by atoms with Crippen molar-refractivity contribution in [3.8, 4) is 5.75 Å². The quantitative estimate of drug-likeness (QED) is 0.381. The molecule has 0 saturated heterocycles. The molecule has 0 atom stereocenters. The second-order valence-electron chi connectivity index (χ2n) is 7.67. The molecule has 2 heterocycles. The van der Waals surface area contributed by atoms with Crippen LogP contribution in [0.25, 0.3) is 0 Å². The maximum atomic E-state index is 12.8. The fourth-order valence-corrected chi connectivity index (χ4v) is 3.46. The Hall–Kier alpha value is -4.04. The van der Waals surface area contributed by atoms with Crippen LogP contribution in [0.1, 0.15) is 37.7 Å². The molecule has 0 bridgehead atoms. The van der Waals surface area contributed by atoms with E-state index < -0.39 is 0 Å². The number of hydrogen-bond acceptors (Lipinski definition) is 5. The Morgan fingerprint density at radius 1 is 1.12 bits per heavy atom. The van der Waals surface area contributed by atoms with E-state index in [0.717, 1.165) is 11.1 Å². The highest BCUT2D eigenvalue weighted by Crippen LogP contribution is 2.26. The highest BCUT2D eigenvalue weighted by Gasteiger charge is 2.19. The Bertz CT molecular complexity index is 1300. The number of anilines is 1. The van der Waals surface area contributed by atoms with Crippen LogP contribution in [0.3, 0.4) is 0 Å². The second kappa shape index (κ2) is 10.3. The van der Waals surface area contributed by atoms with Crippen LogP contribution in [0, 0.1) is 6.92 Å². The molecule has 8 nitrogen and oxygen atoms in total. The summed E-state index contributed by atoms with van der Waals surface area (Å²) < 4.78 is 12.4. The van der Waals surface area contributed by atoms with Gasteiger partial charge >= 0.3 is 0 Å². The number of aromatic nitrogens is 2. The number of amides is 2. The van der Waals surface area contributed by atoms with Crippen molar-refractivity contribution in [1.82, 2.24) is 15.1 Å². The minimum atomic E-state index is -0.381. The van der Waals surface area contributed by atoms with Crippen LogP contribution < -0.4 is 15.4 Å². The summed E-state index contributed by atoms with van der Waals surface area (Å²) >= 11 is 6.17. The molecule has 0 fully saturated rings. The first-order chi connectivity index (χ1) is 16.4. The van der Waals surface area contributed by atoms with Gasteiger partial charge < -0.3 is 19.8 Å². The van der Waals surface area contributed by atoms with Gasteiger partial charge in [0, 0.05) is 12.6 Å². The molecule has 2 N–H and O–H groups in total. The SMILES string of the molecule is Cc1ccc(Cl)c(OCc2ccc(C(=O)Nc3cnn(C)c3C(=O)NCc3ccco3)cc2)c1. The molecular formula is C25H23ClN4O4. The van der Waals surface area contributed by atoms with E-state index >= 15 is 0 Å². The lowest BCUT2D eigenvalue weighted by atomic mass is 10.1. The Kier molecular flexibility index (Phi) is 6.98. The average molecular weight is 479 g/mol. The first-order valence-electron chi connectivity index (χ1n) is 10.5. The molecule has 0 aliphatic rings. The molecule has 4 aromatic rings. The van der Waals surface area contributed by atoms with Crippen LogP contribution in [-0.2, 0) is 20.2 Å². The minimum absolute atomic E-state index is 0.224. The van der Waals surface area contributed by atoms with E-state index in [9.17, 15) is 9.59 Å². The number of benzene rings is 2. The summed E-state index contributed by atoms with van der Waals surface area (Å²) in [6.07, 6.45) is 2.97. The van der Waals surface area contributed by atoms with E-state index in [4.69, 9.17) is 20.8 Å². The van der Waals surface area contributed by atoms with E-state index in [1.54, 1.807) is 49.5 Å². The molecule has 0 aliphatic heterocycles. The molecule has 0 aliphatic carbocycles. The molecule has 0 unspecified atom stereocenters. The van der Waals surface area contributed by atoms with Crippen molar-refractivity contribution in [3.63, 3.8) is 0 Å². The highest BCUT2D eigenvalue weighted by atomic mass is 35.5. The number of hydrogen-bond donors (Lipinski definition) is 2. The second-order valence-corrected chi connectivity index (χ2v) is 8.07. The first kappa shape index (κ1) is 23.1. The van der Waals surface area contributed by atoms with Gasteiger partial charge in [0.1, 0.15) is 23.8 Å². The summed E-state index contributed by atoms with van der Waals surface area (Å²) in [6.45, 7) is 2.50. The van der Waals surface area contributed by atoms with Crippen molar-refractivity contribution in [2.75, 3.05) is 5.32 Å². The third-order valence-electron chi connectivity index (χ3n) is 5.10. The van der Waals surface area contributed by atoms with Crippen LogP contribution in [0.5, 0.6) is 5.75 Å². The highest BCUT2D eigenvalue weighted by molar-refractivity contribution is 6.32. The molecular weight excluding hydrogens is 456 g/mol. The largest absolute Gasteiger partial charge is 0.487 e. The molecule has 0 spiro atoms. The Morgan fingerprint density at radius 3 is 2.65 bits per heavy atom. The van der Waals surface area contributed by atoms with Crippen molar-refractivity contribution < 1.29 is 18.7 Å². The molecule has 2 amide bonds. The maximum Gasteiger partial charge on any atom is 0.272 e. The number of halogens is 1. The maximum absolute atomic E-state index is 12.8. The normalized spacial score (nSPS) is 10.7. The van der Waals surface area contributed by atoms with E-state index in [-0.39, 0.29) is 24.1 Å². The fourth-order valence-electron chi connectivity index (χ4n) is 3.29. The summed E-state index contributed by atoms with van der Waals surface area (Å²) in [5.41, 5.74) is 2.92. The van der Waals surface area contributed by atoms with Crippen molar-refractivity contribution in [2.24, 2.45) is 7.05 Å². The standard InChI is InChI=1S/C25H23ClN4O4/c1-16-5-10-20(26)22(12-16)34-15-17-6-8-18(9-7-17)24(31)29-21-14-28-30(2)23(21)25(32)27-13-19-4-3-11-33-19/h3-12,14H,13,15H2,1-2H3,(H,27,32)(H,29,31). The van der Waals surface area contributed by atoms with E-state index in [1.165, 1.54) is 17.1 Å². The smallest absolute Gasteiger partial charge is 0.272 e. The summed E-state index contributed by atoms with van der Waals surface area (Å²) in [5, 5.41) is 10.2. The van der Waals surface area contributed by atoms with Gasteiger partial charge in [0.15, 0.2) is 0 Å². The Balaban J connectivity index is 1.38. The number of rotatable bonds is 8. The number of nitrogens with one attached hydrogen (secondary N) is 2. The zero-order chi connectivity index (χ0) is 24.1. The number of ether oxygens (including phenoxy) is 1. The summed E-state index contributed by atoms with van der Waals surface area (Å²) in [4.78, 5) is 25.4. The van der Waals surface area contributed by atoms with E-state index in [2.05, 4.69) is 15.7 Å². The van der Waals surface area contributed by atoms with Crippen molar-refractivity contribution >= 4 is 29.1 Å². The Labute approximate surface area is 201 Å². The topological polar surface area (TPSA) is 98.4 Å². The first-order valence-corrected chi connectivity index (χ1v) is 10.9. The number of aryl methyl sites for hydroxylation is 2. The molecule has 34 heavy (non-hydrogen) atoms. The van der Waals surface area contributed by atoms with E-state index in [1.807, 2.05) is 19.1 Å². The molecule has 0 radical (unpaired) electrons. The van der Waals surface area contributed by atoms with Crippen LogP contribution in [0.15, 0.2) is 71.5 Å². The molecule has 174 valence electrons. The minimum Gasteiger partial charge on any atom is -0.487 e. The summed E-state index contributed by atoms with van der Waals surface area (Å²) in [7, 11) is 1.63. The van der Waals surface area contributed by atoms with Gasteiger partial charge in [-0.05, 0) is 54.4 Å². The van der Waals surface area contributed by atoms with Gasteiger partial charge in [-0.1, -0.05) is 29.8 Å². The van der Waals surface area contributed by atoms with Crippen LogP contribution in [-0.4, -0.2) is 21.6 Å². The van der Waals surface area contributed by atoms with Gasteiger partial charge in [-0.15, -0.1) is 0 Å². The zero-order valence-electron chi connectivity index (χ0n) is 18.7. The molecule has 2 aromatic carbocycles. The molecule has 9 heteroatoms. The van der Waals surface area contributed by atoms with Gasteiger partial charge in [-0.2, -0.15) is 5.10 Å². The lowest BCUT2D eigenvalue weighted by molar-refractivity contribution is 0.0939. The van der Waals surface area contributed by atoms with Gasteiger partial charge in [0.05, 0.1) is 29.7 Å². The van der Waals surface area contributed by atoms with Gasteiger partial charge in [0.25, 0.3) is 11.8 Å². The fraction of sp³-hybridized carbons (Fsp3) is 0.160. The zero-order valence-corrected chi connectivity index (χ0v) is 19.4.